The zero-order chi connectivity index (χ0) is 24.5. The van der Waals surface area contributed by atoms with Gasteiger partial charge in [0.05, 0.1) is 16.7 Å². The van der Waals surface area contributed by atoms with Gasteiger partial charge in [-0.05, 0) is 55.9 Å². The van der Waals surface area contributed by atoms with E-state index in [0.29, 0.717) is 28.2 Å². The van der Waals surface area contributed by atoms with Crippen LogP contribution in [0.25, 0.3) is 0 Å². The number of carbonyl (C=O) groups is 4. The van der Waals surface area contributed by atoms with Gasteiger partial charge in [-0.3, -0.25) is 24.1 Å². The fourth-order valence-electron chi connectivity index (χ4n) is 4.65. The highest BCUT2D eigenvalue weighted by atomic mass is 32.1. The molecule has 2 aromatic carbocycles. The highest BCUT2D eigenvalue weighted by Crippen LogP contribution is 2.38. The Labute approximate surface area is 207 Å². The van der Waals surface area contributed by atoms with E-state index < -0.39 is 23.8 Å². The summed E-state index contributed by atoms with van der Waals surface area (Å²) < 4.78 is 0. The average molecular weight is 488 g/mol. The predicted molar refractivity (Wildman–Crippen MR) is 134 cm³/mol. The van der Waals surface area contributed by atoms with Crippen LogP contribution in [0.1, 0.15) is 66.8 Å². The summed E-state index contributed by atoms with van der Waals surface area (Å²) >= 11 is 1.41. The van der Waals surface area contributed by atoms with E-state index in [0.717, 1.165) is 46.6 Å². The molecule has 0 bridgehead atoms. The van der Waals surface area contributed by atoms with Crippen LogP contribution in [0.2, 0.25) is 0 Å². The highest BCUT2D eigenvalue weighted by Gasteiger charge is 2.41. The number of aryl methyl sites for hydroxylation is 1. The molecule has 0 radical (unpaired) electrons. The van der Waals surface area contributed by atoms with Gasteiger partial charge in [0, 0.05) is 11.4 Å². The van der Waals surface area contributed by atoms with Crippen LogP contribution in [0.4, 0.5) is 5.00 Å². The van der Waals surface area contributed by atoms with Gasteiger partial charge >= 0.3 is 0 Å². The molecule has 1 atom stereocenters. The predicted octanol–water partition coefficient (Wildman–Crippen LogP) is 4.18. The van der Waals surface area contributed by atoms with Crippen molar-refractivity contribution in [1.29, 1.82) is 0 Å². The van der Waals surface area contributed by atoms with Crippen LogP contribution in [0.5, 0.6) is 0 Å². The third kappa shape index (κ3) is 4.25. The molecule has 1 aromatic heterocycles. The fraction of sp³-hybridized carbons (Fsp3) is 0.259. The van der Waals surface area contributed by atoms with Gasteiger partial charge in [0.25, 0.3) is 17.7 Å². The molecule has 1 unspecified atom stereocenters. The Kier molecular flexibility index (Phi) is 6.21. The molecular formula is C27H25N3O4S. The first kappa shape index (κ1) is 23.0. The van der Waals surface area contributed by atoms with Gasteiger partial charge in [0.15, 0.2) is 0 Å². The Bertz CT molecular complexity index is 1300. The maximum Gasteiger partial charge on any atom is 0.262 e. The van der Waals surface area contributed by atoms with Crippen molar-refractivity contribution in [2.24, 2.45) is 0 Å². The van der Waals surface area contributed by atoms with Gasteiger partial charge in [-0.2, -0.15) is 0 Å². The van der Waals surface area contributed by atoms with E-state index in [2.05, 4.69) is 10.6 Å². The Hall–Kier alpha value is -3.78. The van der Waals surface area contributed by atoms with E-state index in [9.17, 15) is 19.2 Å². The monoisotopic (exact) mass is 487 g/mol. The molecule has 2 heterocycles. The molecule has 0 fully saturated rings. The fourth-order valence-corrected chi connectivity index (χ4v) is 5.94. The number of imide groups is 1. The molecule has 1 aliphatic heterocycles. The van der Waals surface area contributed by atoms with Gasteiger partial charge in [0.1, 0.15) is 11.0 Å². The highest BCUT2D eigenvalue weighted by molar-refractivity contribution is 7.17. The standard InChI is InChI=1S/C27H25N3O4S/c1-16(30-26(33)18-11-5-6-12-19(18)27(30)34)23(31)29-25-22(20-13-7-8-14-21(20)35-25)24(32)28-15-17-9-3-2-4-10-17/h2-6,9-12,16H,7-8,13-15H2,1H3,(H,28,32)(H,29,31). The molecular weight excluding hydrogens is 462 g/mol. The molecule has 7 nitrogen and oxygen atoms in total. The van der Waals surface area contributed by atoms with Crippen LogP contribution < -0.4 is 10.6 Å². The first-order chi connectivity index (χ1) is 17.0. The first-order valence-corrected chi connectivity index (χ1v) is 12.5. The summed E-state index contributed by atoms with van der Waals surface area (Å²) in [6, 6.07) is 15.2. The minimum Gasteiger partial charge on any atom is -0.348 e. The van der Waals surface area contributed by atoms with Gasteiger partial charge < -0.3 is 10.6 Å². The van der Waals surface area contributed by atoms with Crippen LogP contribution >= 0.6 is 11.3 Å². The van der Waals surface area contributed by atoms with E-state index in [1.165, 1.54) is 18.3 Å². The Morgan fingerprint density at radius 3 is 2.26 bits per heavy atom. The minimum atomic E-state index is -1.03. The normalized spacial score (nSPS) is 15.4. The van der Waals surface area contributed by atoms with E-state index in [1.807, 2.05) is 30.3 Å². The lowest BCUT2D eigenvalue weighted by molar-refractivity contribution is -0.119. The third-order valence-electron chi connectivity index (χ3n) is 6.52. The lowest BCUT2D eigenvalue weighted by atomic mass is 9.95. The lowest BCUT2D eigenvalue weighted by Gasteiger charge is -2.21. The molecule has 3 aromatic rings. The van der Waals surface area contributed by atoms with Crippen LogP contribution in [-0.4, -0.2) is 34.6 Å². The van der Waals surface area contributed by atoms with Crippen molar-refractivity contribution in [2.75, 3.05) is 5.32 Å². The Balaban J connectivity index is 1.37. The Morgan fingerprint density at radius 1 is 0.943 bits per heavy atom. The second-order valence-corrected chi connectivity index (χ2v) is 9.88. The van der Waals surface area contributed by atoms with Gasteiger partial charge in [-0.1, -0.05) is 42.5 Å². The van der Waals surface area contributed by atoms with Gasteiger partial charge in [-0.25, -0.2) is 0 Å². The number of thiophene rings is 1. The van der Waals surface area contributed by atoms with Crippen molar-refractivity contribution in [3.05, 3.63) is 87.3 Å². The summed E-state index contributed by atoms with van der Waals surface area (Å²) in [6.07, 6.45) is 3.67. The van der Waals surface area contributed by atoms with Crippen LogP contribution in [0.15, 0.2) is 54.6 Å². The molecule has 4 amide bonds. The number of fused-ring (bicyclic) bond motifs is 2. The number of nitrogens with one attached hydrogen (secondary N) is 2. The first-order valence-electron chi connectivity index (χ1n) is 11.7. The lowest BCUT2D eigenvalue weighted by Crippen LogP contribution is -2.45. The number of hydrogen-bond donors (Lipinski definition) is 2. The second-order valence-electron chi connectivity index (χ2n) is 8.77. The Morgan fingerprint density at radius 2 is 1.57 bits per heavy atom. The summed E-state index contributed by atoms with van der Waals surface area (Å²) in [7, 11) is 0. The van der Waals surface area contributed by atoms with Crippen LogP contribution in [0, 0.1) is 0 Å². The largest absolute Gasteiger partial charge is 0.348 e. The number of anilines is 1. The number of nitrogens with zero attached hydrogens (tertiary/aromatic N) is 1. The van der Waals surface area contributed by atoms with Crippen LogP contribution in [-0.2, 0) is 24.2 Å². The minimum absolute atomic E-state index is 0.239. The molecule has 35 heavy (non-hydrogen) atoms. The molecule has 2 aliphatic rings. The number of hydrogen-bond acceptors (Lipinski definition) is 5. The summed E-state index contributed by atoms with van der Waals surface area (Å²) in [5, 5.41) is 6.31. The smallest absolute Gasteiger partial charge is 0.262 e. The van der Waals surface area contributed by atoms with Crippen molar-refractivity contribution >= 4 is 40.0 Å². The van der Waals surface area contributed by atoms with E-state index >= 15 is 0 Å². The van der Waals surface area contributed by atoms with Crippen molar-refractivity contribution in [3.63, 3.8) is 0 Å². The summed E-state index contributed by atoms with van der Waals surface area (Å²) in [4.78, 5) is 54.2. The molecule has 0 saturated carbocycles. The number of benzene rings is 2. The van der Waals surface area contributed by atoms with Gasteiger partial charge in [-0.15, -0.1) is 11.3 Å². The molecule has 2 N–H and O–H groups in total. The number of carbonyl (C=O) groups excluding carboxylic acids is 4. The quantitative estimate of drug-likeness (QED) is 0.510. The van der Waals surface area contributed by atoms with Crippen LogP contribution in [0.3, 0.4) is 0 Å². The van der Waals surface area contributed by atoms with E-state index in [4.69, 9.17) is 0 Å². The molecule has 0 spiro atoms. The van der Waals surface area contributed by atoms with Crippen molar-refractivity contribution in [1.82, 2.24) is 10.2 Å². The molecule has 5 rings (SSSR count). The maximum atomic E-state index is 13.3. The summed E-state index contributed by atoms with van der Waals surface area (Å²) in [5.74, 6) is -1.72. The second kappa shape index (κ2) is 9.46. The molecule has 0 saturated heterocycles. The number of amides is 4. The average Bonchev–Trinajstić information content (AvgIpc) is 3.37. The number of rotatable bonds is 6. The zero-order valence-electron chi connectivity index (χ0n) is 19.3. The van der Waals surface area contributed by atoms with Crippen molar-refractivity contribution in [2.45, 2.75) is 45.2 Å². The zero-order valence-corrected chi connectivity index (χ0v) is 20.1. The van der Waals surface area contributed by atoms with E-state index in [1.54, 1.807) is 24.3 Å². The van der Waals surface area contributed by atoms with Crippen molar-refractivity contribution in [3.8, 4) is 0 Å². The maximum absolute atomic E-state index is 13.3. The SMILES string of the molecule is CC(C(=O)Nc1sc2c(c1C(=O)NCc1ccccc1)CCCC2)N1C(=O)c2ccccc2C1=O. The molecule has 1 aliphatic carbocycles. The third-order valence-corrected chi connectivity index (χ3v) is 7.73. The van der Waals surface area contributed by atoms with E-state index in [-0.39, 0.29) is 5.91 Å². The molecule has 178 valence electrons. The van der Waals surface area contributed by atoms with Gasteiger partial charge in [0.2, 0.25) is 5.91 Å². The summed E-state index contributed by atoms with van der Waals surface area (Å²) in [5.41, 5.74) is 3.04. The topological polar surface area (TPSA) is 95.6 Å². The molecule has 8 heteroatoms. The van der Waals surface area contributed by atoms with Crippen molar-refractivity contribution < 1.29 is 19.2 Å². The summed E-state index contributed by atoms with van der Waals surface area (Å²) in [6.45, 7) is 1.91.